The number of carbonyl (C=O) groups is 2. The third-order valence-electron chi connectivity index (χ3n) is 4.98. The van der Waals surface area contributed by atoms with Crippen molar-refractivity contribution in [1.29, 1.82) is 0 Å². The maximum atomic E-state index is 12.8. The number of hydrogen-bond acceptors (Lipinski definition) is 8. The van der Waals surface area contributed by atoms with Gasteiger partial charge in [0.2, 0.25) is 5.88 Å². The second-order valence-electron chi connectivity index (χ2n) is 6.92. The number of esters is 1. The molecule has 2 N–H and O–H groups in total. The van der Waals surface area contributed by atoms with Gasteiger partial charge >= 0.3 is 5.97 Å². The van der Waals surface area contributed by atoms with Gasteiger partial charge < -0.3 is 24.8 Å². The number of nitrogens with zero attached hydrogens (tertiary/aromatic N) is 4. The first-order valence-corrected chi connectivity index (χ1v) is 10.0. The number of methoxy groups -OCH3 is 2. The smallest absolute Gasteiger partial charge is 0.337 e. The highest BCUT2D eigenvalue weighted by Gasteiger charge is 2.34. The number of ether oxygens (including phenoxy) is 2. The van der Waals surface area contributed by atoms with Crippen LogP contribution in [0, 0.1) is 0 Å². The van der Waals surface area contributed by atoms with Crippen molar-refractivity contribution in [2.24, 2.45) is 0 Å². The van der Waals surface area contributed by atoms with Gasteiger partial charge in [-0.2, -0.15) is 0 Å². The molecule has 32 heavy (non-hydrogen) atoms. The summed E-state index contributed by atoms with van der Waals surface area (Å²) in [6, 6.07) is 8.68. The molecule has 1 amide bonds. The minimum absolute atomic E-state index is 0.0334. The van der Waals surface area contributed by atoms with Crippen molar-refractivity contribution in [1.82, 2.24) is 19.5 Å². The van der Waals surface area contributed by atoms with Gasteiger partial charge in [0, 0.05) is 18.2 Å². The van der Waals surface area contributed by atoms with E-state index in [9.17, 15) is 14.7 Å². The zero-order chi connectivity index (χ0) is 22.8. The molecule has 0 fully saturated rings. The van der Waals surface area contributed by atoms with Crippen LogP contribution in [-0.4, -0.2) is 70.4 Å². The van der Waals surface area contributed by atoms with E-state index in [0.717, 1.165) is 5.56 Å². The molecule has 1 aliphatic rings. The molecule has 166 valence electrons. The predicted octanol–water partition coefficient (Wildman–Crippen LogP) is 1.73. The third-order valence-corrected chi connectivity index (χ3v) is 5.31. The highest BCUT2D eigenvalue weighted by Crippen LogP contribution is 2.31. The largest absolute Gasteiger partial charge is 0.480 e. The molecule has 0 bridgehead atoms. The average molecular weight is 458 g/mol. The molecule has 0 radical (unpaired) electrons. The Morgan fingerprint density at radius 3 is 2.81 bits per heavy atom. The molecule has 3 aromatic rings. The Kier molecular flexibility index (Phi) is 5.97. The lowest BCUT2D eigenvalue weighted by atomic mass is 10.1. The Morgan fingerprint density at radius 1 is 1.28 bits per heavy atom. The summed E-state index contributed by atoms with van der Waals surface area (Å²) >= 11 is 6.37. The summed E-state index contributed by atoms with van der Waals surface area (Å²) in [5.41, 5.74) is 2.63. The fraction of sp³-hybridized carbons (Fsp3) is 0.238. The van der Waals surface area contributed by atoms with E-state index in [2.05, 4.69) is 15.4 Å². The van der Waals surface area contributed by atoms with Gasteiger partial charge in [0.1, 0.15) is 5.70 Å². The SMILES string of the molecule is COC(=O)C1=C(Nc2cc(-c3cn4nc(OC)ccc4n3)ccc2Cl)C(=O)N(CCO)C1. The summed E-state index contributed by atoms with van der Waals surface area (Å²) in [5.74, 6) is -0.603. The Bertz CT molecular complexity index is 1240. The molecule has 4 rings (SSSR count). The van der Waals surface area contributed by atoms with E-state index >= 15 is 0 Å². The van der Waals surface area contributed by atoms with Gasteiger partial charge in [-0.05, 0) is 18.2 Å². The first-order valence-electron chi connectivity index (χ1n) is 9.64. The number of hydrogen-bond donors (Lipinski definition) is 2. The normalized spacial score (nSPS) is 13.8. The van der Waals surface area contributed by atoms with E-state index in [1.165, 1.54) is 19.1 Å². The van der Waals surface area contributed by atoms with Crippen molar-refractivity contribution in [3.05, 3.63) is 52.8 Å². The maximum Gasteiger partial charge on any atom is 0.337 e. The highest BCUT2D eigenvalue weighted by molar-refractivity contribution is 6.33. The number of anilines is 1. The number of imidazole rings is 1. The fourth-order valence-corrected chi connectivity index (χ4v) is 3.54. The van der Waals surface area contributed by atoms with Crippen LogP contribution in [0.5, 0.6) is 5.88 Å². The van der Waals surface area contributed by atoms with Crippen LogP contribution in [0.4, 0.5) is 5.69 Å². The molecular weight excluding hydrogens is 438 g/mol. The molecule has 11 heteroatoms. The molecule has 1 aromatic carbocycles. The van der Waals surface area contributed by atoms with Crippen LogP contribution in [0.1, 0.15) is 0 Å². The molecule has 0 saturated heterocycles. The summed E-state index contributed by atoms with van der Waals surface area (Å²) in [4.78, 5) is 30.9. The van der Waals surface area contributed by atoms with Crippen LogP contribution in [0.2, 0.25) is 5.02 Å². The molecule has 0 spiro atoms. The average Bonchev–Trinajstić information content (AvgIpc) is 3.36. The number of benzene rings is 1. The topological polar surface area (TPSA) is 118 Å². The summed E-state index contributed by atoms with van der Waals surface area (Å²) in [7, 11) is 2.78. The lowest BCUT2D eigenvalue weighted by Gasteiger charge is -2.15. The summed E-state index contributed by atoms with van der Waals surface area (Å²) in [5, 5.41) is 16.8. The number of aliphatic hydroxyl groups is 1. The summed E-state index contributed by atoms with van der Waals surface area (Å²) in [6.07, 6.45) is 1.74. The molecule has 1 aliphatic heterocycles. The van der Waals surface area contributed by atoms with Crippen LogP contribution in [0.25, 0.3) is 16.9 Å². The van der Waals surface area contributed by atoms with Crippen molar-refractivity contribution < 1.29 is 24.2 Å². The monoisotopic (exact) mass is 457 g/mol. The summed E-state index contributed by atoms with van der Waals surface area (Å²) in [6.45, 7) is -0.0991. The maximum absolute atomic E-state index is 12.8. The van der Waals surface area contributed by atoms with Gasteiger partial charge in [0.25, 0.3) is 5.91 Å². The van der Waals surface area contributed by atoms with Crippen LogP contribution in [-0.2, 0) is 14.3 Å². The number of aromatic nitrogens is 3. The lowest BCUT2D eigenvalue weighted by Crippen LogP contribution is -2.31. The quantitative estimate of drug-likeness (QED) is 0.515. The van der Waals surface area contributed by atoms with E-state index in [1.54, 1.807) is 41.0 Å². The van der Waals surface area contributed by atoms with Crippen LogP contribution >= 0.6 is 11.6 Å². The van der Waals surface area contributed by atoms with Gasteiger partial charge in [0.05, 0.1) is 55.5 Å². The van der Waals surface area contributed by atoms with Gasteiger partial charge in [-0.15, -0.1) is 5.10 Å². The van der Waals surface area contributed by atoms with Crippen molar-refractivity contribution in [3.63, 3.8) is 0 Å². The van der Waals surface area contributed by atoms with Crippen molar-refractivity contribution in [2.45, 2.75) is 0 Å². The molecule has 3 heterocycles. The zero-order valence-corrected chi connectivity index (χ0v) is 18.1. The summed E-state index contributed by atoms with van der Waals surface area (Å²) < 4.78 is 11.5. The van der Waals surface area contributed by atoms with E-state index in [4.69, 9.17) is 21.1 Å². The molecule has 0 unspecified atom stereocenters. The minimum Gasteiger partial charge on any atom is -0.480 e. The standard InChI is InChI=1S/C21H20ClN5O5/c1-31-18-6-5-17-23-16(11-27(17)25-18)12-3-4-14(22)15(9-12)24-19-13(21(30)32-2)10-26(7-8-28)20(19)29/h3-6,9,11,24,28H,7-8,10H2,1-2H3. The Hall–Kier alpha value is -3.63. The van der Waals surface area contributed by atoms with Gasteiger partial charge in [-0.1, -0.05) is 17.7 Å². The van der Waals surface area contributed by atoms with Crippen LogP contribution in [0.3, 0.4) is 0 Å². The molecule has 0 aliphatic carbocycles. The number of rotatable bonds is 7. The first-order chi connectivity index (χ1) is 15.4. The van der Waals surface area contributed by atoms with Crippen molar-refractivity contribution in [3.8, 4) is 17.1 Å². The zero-order valence-electron chi connectivity index (χ0n) is 17.3. The van der Waals surface area contributed by atoms with E-state index in [1.807, 2.05) is 0 Å². The predicted molar refractivity (Wildman–Crippen MR) is 116 cm³/mol. The van der Waals surface area contributed by atoms with Gasteiger partial charge in [-0.25, -0.2) is 14.3 Å². The molecule has 10 nitrogen and oxygen atoms in total. The number of aliphatic hydroxyl groups excluding tert-OH is 1. The van der Waals surface area contributed by atoms with E-state index < -0.39 is 11.9 Å². The number of amides is 1. The Morgan fingerprint density at radius 2 is 2.09 bits per heavy atom. The number of β-amino-alcohol motifs (C(OH)–C–C–N with tert-alkyl or cyclic N) is 1. The Balaban J connectivity index is 1.70. The van der Waals surface area contributed by atoms with Crippen molar-refractivity contribution >= 4 is 34.8 Å². The van der Waals surface area contributed by atoms with E-state index in [0.29, 0.717) is 27.9 Å². The molecule has 0 atom stereocenters. The van der Waals surface area contributed by atoms with E-state index in [-0.39, 0.29) is 31.0 Å². The number of fused-ring (bicyclic) bond motifs is 1. The molecular formula is C21H20ClN5O5. The van der Waals surface area contributed by atoms with Gasteiger partial charge in [-0.3, -0.25) is 4.79 Å². The lowest BCUT2D eigenvalue weighted by molar-refractivity contribution is -0.136. The first kappa shape index (κ1) is 21.6. The fourth-order valence-electron chi connectivity index (χ4n) is 3.38. The molecule has 2 aromatic heterocycles. The molecule has 0 saturated carbocycles. The van der Waals surface area contributed by atoms with Crippen LogP contribution < -0.4 is 10.1 Å². The number of halogens is 1. The highest BCUT2D eigenvalue weighted by atomic mass is 35.5. The minimum atomic E-state index is -0.631. The van der Waals surface area contributed by atoms with Crippen LogP contribution in [0.15, 0.2) is 47.8 Å². The van der Waals surface area contributed by atoms with Gasteiger partial charge in [0.15, 0.2) is 5.65 Å². The van der Waals surface area contributed by atoms with Crippen molar-refractivity contribution in [2.75, 3.05) is 39.2 Å². The number of nitrogens with one attached hydrogen (secondary N) is 1. The third kappa shape index (κ3) is 3.97. The second-order valence-corrected chi connectivity index (χ2v) is 7.33. The second kappa shape index (κ2) is 8.85. The Labute approximate surface area is 188 Å². The number of carbonyl (C=O) groups excluding carboxylic acids is 2.